The van der Waals surface area contributed by atoms with Crippen molar-refractivity contribution in [1.29, 1.82) is 0 Å². The molecule has 0 aliphatic carbocycles. The predicted molar refractivity (Wildman–Crippen MR) is 86.8 cm³/mol. The number of benzene rings is 1. The highest BCUT2D eigenvalue weighted by Gasteiger charge is 2.20. The highest BCUT2D eigenvalue weighted by Crippen LogP contribution is 2.33. The minimum atomic E-state index is 0.244. The lowest BCUT2D eigenvalue weighted by Gasteiger charge is -2.22. The van der Waals surface area contributed by atoms with Crippen LogP contribution in [0.4, 0.5) is 5.69 Å². The van der Waals surface area contributed by atoms with Gasteiger partial charge in [0.05, 0.1) is 5.69 Å². The third-order valence-electron chi connectivity index (χ3n) is 3.41. The monoisotopic (exact) mass is 303 g/mol. The lowest BCUT2D eigenvalue weighted by atomic mass is 10.2. The molecule has 2 aromatic rings. The molecule has 1 aliphatic heterocycles. The van der Waals surface area contributed by atoms with Crippen LogP contribution in [-0.4, -0.2) is 18.2 Å². The summed E-state index contributed by atoms with van der Waals surface area (Å²) in [6, 6.07) is 12.4. The van der Waals surface area contributed by atoms with Crippen LogP contribution in [0, 0.1) is 0 Å². The topological polar surface area (TPSA) is 20.3 Å². The summed E-state index contributed by atoms with van der Waals surface area (Å²) < 4.78 is 0. The second-order valence-corrected chi connectivity index (χ2v) is 6.96. The number of amides is 1. The van der Waals surface area contributed by atoms with E-state index in [9.17, 15) is 4.79 Å². The predicted octanol–water partition coefficient (Wildman–Crippen LogP) is 4.21. The van der Waals surface area contributed by atoms with E-state index in [1.54, 1.807) is 11.3 Å². The summed E-state index contributed by atoms with van der Waals surface area (Å²) >= 11 is 3.58. The van der Waals surface area contributed by atoms with E-state index < -0.39 is 0 Å². The van der Waals surface area contributed by atoms with Gasteiger partial charge in [0.25, 0.3) is 0 Å². The van der Waals surface area contributed by atoms with E-state index in [-0.39, 0.29) is 5.91 Å². The van der Waals surface area contributed by atoms with Crippen molar-refractivity contribution in [3.05, 3.63) is 46.7 Å². The Morgan fingerprint density at radius 2 is 2.10 bits per heavy atom. The molecule has 20 heavy (non-hydrogen) atoms. The van der Waals surface area contributed by atoms with E-state index in [0.29, 0.717) is 6.42 Å². The Hall–Kier alpha value is -1.26. The Balaban J connectivity index is 1.73. The van der Waals surface area contributed by atoms with Gasteiger partial charge in [-0.05, 0) is 42.2 Å². The molecule has 3 rings (SSSR count). The van der Waals surface area contributed by atoms with Gasteiger partial charge in [-0.3, -0.25) is 4.79 Å². The molecule has 0 saturated heterocycles. The molecular formula is C16H17NOS2. The van der Waals surface area contributed by atoms with Gasteiger partial charge in [-0.2, -0.15) is 0 Å². The highest BCUT2D eigenvalue weighted by molar-refractivity contribution is 7.99. The van der Waals surface area contributed by atoms with Gasteiger partial charge >= 0.3 is 0 Å². The molecule has 2 nitrogen and oxygen atoms in total. The number of rotatable bonds is 3. The second-order valence-electron chi connectivity index (χ2n) is 4.79. The largest absolute Gasteiger partial charge is 0.311 e. The lowest BCUT2D eigenvalue weighted by Crippen LogP contribution is -2.31. The van der Waals surface area contributed by atoms with Crippen molar-refractivity contribution >= 4 is 34.7 Å². The minimum absolute atomic E-state index is 0.244. The number of carbonyl (C=O) groups is 1. The van der Waals surface area contributed by atoms with Gasteiger partial charge in [-0.25, -0.2) is 0 Å². The molecule has 2 heterocycles. The van der Waals surface area contributed by atoms with Crippen molar-refractivity contribution in [2.45, 2.75) is 24.2 Å². The normalized spacial score (nSPS) is 14.7. The quantitative estimate of drug-likeness (QED) is 0.846. The number of nitrogens with zero attached hydrogens (tertiary/aromatic N) is 1. The van der Waals surface area contributed by atoms with Gasteiger partial charge in [-0.15, -0.1) is 23.1 Å². The summed E-state index contributed by atoms with van der Waals surface area (Å²) in [5, 5.41) is 2.07. The number of hydrogen-bond donors (Lipinski definition) is 0. The van der Waals surface area contributed by atoms with Gasteiger partial charge in [0.1, 0.15) is 0 Å². The lowest BCUT2D eigenvalue weighted by molar-refractivity contribution is -0.118. The second kappa shape index (κ2) is 6.46. The third kappa shape index (κ3) is 3.07. The summed E-state index contributed by atoms with van der Waals surface area (Å²) in [5.41, 5.74) is 1.09. The highest BCUT2D eigenvalue weighted by atomic mass is 32.2. The number of para-hydroxylation sites is 1. The molecule has 0 bridgehead atoms. The maximum Gasteiger partial charge on any atom is 0.227 e. The van der Waals surface area contributed by atoms with E-state index in [4.69, 9.17) is 0 Å². The standard InChI is InChI=1S/C16H17NOS2/c18-16(9-8-13-5-3-11-19-13)17-10-4-12-20-15-7-2-1-6-14(15)17/h1-3,5-7,11H,4,8-10,12H2. The van der Waals surface area contributed by atoms with Crippen LogP contribution in [0.5, 0.6) is 0 Å². The smallest absolute Gasteiger partial charge is 0.227 e. The van der Waals surface area contributed by atoms with Crippen LogP contribution in [0.2, 0.25) is 0 Å². The van der Waals surface area contributed by atoms with Gasteiger partial charge in [0.2, 0.25) is 5.91 Å². The summed E-state index contributed by atoms with van der Waals surface area (Å²) in [6.45, 7) is 0.841. The summed E-state index contributed by atoms with van der Waals surface area (Å²) in [5.74, 6) is 1.33. The molecule has 1 aromatic heterocycles. The van der Waals surface area contributed by atoms with Crippen molar-refractivity contribution in [3.8, 4) is 0 Å². The first kappa shape index (κ1) is 13.7. The molecule has 1 amide bonds. The molecular weight excluding hydrogens is 286 g/mol. The molecule has 0 N–H and O–H groups in total. The Bertz CT molecular complexity index is 580. The van der Waals surface area contributed by atoms with E-state index in [0.717, 1.165) is 30.8 Å². The van der Waals surface area contributed by atoms with Gasteiger partial charge in [-0.1, -0.05) is 18.2 Å². The molecule has 1 aromatic carbocycles. The Morgan fingerprint density at radius 3 is 2.95 bits per heavy atom. The summed E-state index contributed by atoms with van der Waals surface area (Å²) in [4.78, 5) is 17.0. The molecule has 0 atom stereocenters. The zero-order valence-corrected chi connectivity index (χ0v) is 12.9. The van der Waals surface area contributed by atoms with Gasteiger partial charge in [0.15, 0.2) is 0 Å². The number of aryl methyl sites for hydroxylation is 1. The fourth-order valence-corrected chi connectivity index (χ4v) is 4.11. The first-order valence-corrected chi connectivity index (χ1v) is 8.76. The van der Waals surface area contributed by atoms with Crippen molar-refractivity contribution in [1.82, 2.24) is 0 Å². The maximum atomic E-state index is 12.5. The maximum absolute atomic E-state index is 12.5. The van der Waals surface area contributed by atoms with Crippen LogP contribution in [0.3, 0.4) is 0 Å². The van der Waals surface area contributed by atoms with Gasteiger partial charge in [0, 0.05) is 22.7 Å². The van der Waals surface area contributed by atoms with Crippen LogP contribution in [0.25, 0.3) is 0 Å². The average Bonchev–Trinajstić information content (AvgIpc) is 2.90. The summed E-state index contributed by atoms with van der Waals surface area (Å²) in [7, 11) is 0. The number of carbonyl (C=O) groups excluding carboxylic acids is 1. The Labute approximate surface area is 127 Å². The first-order chi connectivity index (χ1) is 9.84. The first-order valence-electron chi connectivity index (χ1n) is 6.89. The Kier molecular flexibility index (Phi) is 4.43. The minimum Gasteiger partial charge on any atom is -0.311 e. The molecule has 4 heteroatoms. The average molecular weight is 303 g/mol. The molecule has 0 unspecified atom stereocenters. The van der Waals surface area contributed by atoms with Crippen LogP contribution in [-0.2, 0) is 11.2 Å². The van der Waals surface area contributed by atoms with Crippen LogP contribution in [0.15, 0.2) is 46.7 Å². The number of anilines is 1. The molecule has 0 fully saturated rings. The van der Waals surface area contributed by atoms with E-state index in [1.807, 2.05) is 34.9 Å². The molecule has 0 radical (unpaired) electrons. The van der Waals surface area contributed by atoms with Crippen LogP contribution in [0.1, 0.15) is 17.7 Å². The van der Waals surface area contributed by atoms with E-state index >= 15 is 0 Å². The van der Waals surface area contributed by atoms with Crippen molar-refractivity contribution < 1.29 is 4.79 Å². The van der Waals surface area contributed by atoms with Crippen molar-refractivity contribution in [3.63, 3.8) is 0 Å². The molecule has 0 saturated carbocycles. The zero-order chi connectivity index (χ0) is 13.8. The van der Waals surface area contributed by atoms with Crippen LogP contribution < -0.4 is 4.90 Å². The molecule has 0 spiro atoms. The van der Waals surface area contributed by atoms with Gasteiger partial charge < -0.3 is 4.90 Å². The SMILES string of the molecule is O=C(CCc1cccs1)N1CCCSc2ccccc21. The number of hydrogen-bond acceptors (Lipinski definition) is 3. The van der Waals surface area contributed by atoms with Crippen molar-refractivity contribution in [2.75, 3.05) is 17.2 Å². The van der Waals surface area contributed by atoms with Crippen molar-refractivity contribution in [2.24, 2.45) is 0 Å². The molecule has 104 valence electrons. The van der Waals surface area contributed by atoms with E-state index in [2.05, 4.69) is 23.6 Å². The third-order valence-corrected chi connectivity index (χ3v) is 5.49. The number of fused-ring (bicyclic) bond motifs is 1. The number of thiophene rings is 1. The Morgan fingerprint density at radius 1 is 1.20 bits per heavy atom. The molecule has 1 aliphatic rings. The fraction of sp³-hybridized carbons (Fsp3) is 0.312. The fourth-order valence-electron chi connectivity index (χ4n) is 2.41. The zero-order valence-electron chi connectivity index (χ0n) is 11.2. The van der Waals surface area contributed by atoms with E-state index in [1.165, 1.54) is 9.77 Å². The summed E-state index contributed by atoms with van der Waals surface area (Å²) in [6.07, 6.45) is 2.51. The number of thioether (sulfide) groups is 1. The van der Waals surface area contributed by atoms with Crippen LogP contribution >= 0.6 is 23.1 Å².